The SMILES string of the molecule is ONc1cccc(-c2ccccc2)c1. The van der Waals surface area contributed by atoms with Crippen molar-refractivity contribution >= 4 is 5.69 Å². The molecule has 2 aromatic carbocycles. The third-order valence-electron chi connectivity index (χ3n) is 2.10. The maximum atomic E-state index is 8.76. The lowest BCUT2D eigenvalue weighted by atomic mass is 10.1. The van der Waals surface area contributed by atoms with Crippen LogP contribution in [0.15, 0.2) is 54.6 Å². The van der Waals surface area contributed by atoms with Gasteiger partial charge in [0.05, 0.1) is 5.69 Å². The maximum Gasteiger partial charge on any atom is 0.0608 e. The van der Waals surface area contributed by atoms with Gasteiger partial charge < -0.3 is 0 Å². The van der Waals surface area contributed by atoms with Gasteiger partial charge >= 0.3 is 0 Å². The number of nitrogens with one attached hydrogen (secondary N) is 1. The molecule has 0 heterocycles. The molecular weight excluding hydrogens is 174 g/mol. The highest BCUT2D eigenvalue weighted by molar-refractivity contribution is 5.67. The molecule has 0 atom stereocenters. The zero-order chi connectivity index (χ0) is 9.80. The zero-order valence-electron chi connectivity index (χ0n) is 7.64. The van der Waals surface area contributed by atoms with Crippen molar-refractivity contribution in [2.45, 2.75) is 0 Å². The fraction of sp³-hybridized carbons (Fsp3) is 0. The maximum absolute atomic E-state index is 8.76. The van der Waals surface area contributed by atoms with E-state index in [1.165, 1.54) is 0 Å². The molecule has 0 bridgehead atoms. The van der Waals surface area contributed by atoms with Crippen LogP contribution >= 0.6 is 0 Å². The fourth-order valence-electron chi connectivity index (χ4n) is 1.40. The largest absolute Gasteiger partial charge is 0.291 e. The van der Waals surface area contributed by atoms with Gasteiger partial charge in [0.1, 0.15) is 0 Å². The summed E-state index contributed by atoms with van der Waals surface area (Å²) in [6.07, 6.45) is 0. The summed E-state index contributed by atoms with van der Waals surface area (Å²) < 4.78 is 0. The zero-order valence-corrected chi connectivity index (χ0v) is 7.64. The number of benzene rings is 2. The molecule has 0 spiro atoms. The second kappa shape index (κ2) is 3.94. The van der Waals surface area contributed by atoms with Gasteiger partial charge in [-0.1, -0.05) is 42.5 Å². The molecule has 0 aliphatic rings. The van der Waals surface area contributed by atoms with E-state index in [-0.39, 0.29) is 0 Å². The molecule has 2 aromatic rings. The van der Waals surface area contributed by atoms with E-state index in [0.29, 0.717) is 5.69 Å². The Morgan fingerprint density at radius 2 is 1.50 bits per heavy atom. The monoisotopic (exact) mass is 185 g/mol. The van der Waals surface area contributed by atoms with E-state index < -0.39 is 0 Å². The van der Waals surface area contributed by atoms with E-state index in [1.54, 1.807) is 0 Å². The highest BCUT2D eigenvalue weighted by Crippen LogP contribution is 2.21. The van der Waals surface area contributed by atoms with Gasteiger partial charge in [-0.2, -0.15) is 0 Å². The second-order valence-corrected chi connectivity index (χ2v) is 3.06. The standard InChI is InChI=1S/C12H11NO/c14-13-12-8-4-7-11(9-12)10-5-2-1-3-6-10/h1-9,13-14H. The molecular formula is C12H11NO. The molecule has 70 valence electrons. The molecule has 14 heavy (non-hydrogen) atoms. The molecule has 2 nitrogen and oxygen atoms in total. The normalized spacial score (nSPS) is 9.79. The van der Waals surface area contributed by atoms with Gasteiger partial charge in [-0.15, -0.1) is 0 Å². The molecule has 0 saturated carbocycles. The minimum absolute atomic E-state index is 0.700. The lowest BCUT2D eigenvalue weighted by Gasteiger charge is -2.03. The van der Waals surface area contributed by atoms with Crippen LogP contribution in [0.1, 0.15) is 0 Å². The second-order valence-electron chi connectivity index (χ2n) is 3.06. The highest BCUT2D eigenvalue weighted by Gasteiger charge is 1.96. The Morgan fingerprint density at radius 1 is 0.786 bits per heavy atom. The van der Waals surface area contributed by atoms with E-state index in [4.69, 9.17) is 5.21 Å². The van der Waals surface area contributed by atoms with E-state index in [9.17, 15) is 0 Å². The lowest BCUT2D eigenvalue weighted by Crippen LogP contribution is -1.88. The van der Waals surface area contributed by atoms with Crippen LogP contribution in [0.3, 0.4) is 0 Å². The van der Waals surface area contributed by atoms with E-state index in [2.05, 4.69) is 5.48 Å². The van der Waals surface area contributed by atoms with Gasteiger partial charge in [-0.05, 0) is 23.3 Å². The summed E-state index contributed by atoms with van der Waals surface area (Å²) in [4.78, 5) is 0. The van der Waals surface area contributed by atoms with E-state index in [0.717, 1.165) is 11.1 Å². The smallest absolute Gasteiger partial charge is 0.0608 e. The van der Waals surface area contributed by atoms with Crippen LogP contribution < -0.4 is 5.48 Å². The summed E-state index contributed by atoms with van der Waals surface area (Å²) in [5, 5.41) is 8.76. The minimum Gasteiger partial charge on any atom is -0.291 e. The van der Waals surface area contributed by atoms with Crippen LogP contribution in [0.5, 0.6) is 0 Å². The van der Waals surface area contributed by atoms with Crippen LogP contribution in [0.4, 0.5) is 5.69 Å². The molecule has 0 amide bonds. The average Bonchev–Trinajstić information content (AvgIpc) is 2.30. The summed E-state index contributed by atoms with van der Waals surface area (Å²) in [6, 6.07) is 17.7. The van der Waals surface area contributed by atoms with Crippen LogP contribution in [-0.2, 0) is 0 Å². The molecule has 0 aromatic heterocycles. The molecule has 0 radical (unpaired) electrons. The molecule has 0 saturated heterocycles. The van der Waals surface area contributed by atoms with Crippen molar-refractivity contribution in [2.75, 3.05) is 5.48 Å². The molecule has 2 N–H and O–H groups in total. The van der Waals surface area contributed by atoms with Crippen LogP contribution in [0.2, 0.25) is 0 Å². The van der Waals surface area contributed by atoms with Crippen molar-refractivity contribution in [1.82, 2.24) is 0 Å². The summed E-state index contributed by atoms with van der Waals surface area (Å²) in [6.45, 7) is 0. The van der Waals surface area contributed by atoms with Crippen LogP contribution in [0, 0.1) is 0 Å². The Labute approximate surface area is 82.8 Å². The van der Waals surface area contributed by atoms with Gasteiger partial charge in [0.15, 0.2) is 0 Å². The van der Waals surface area contributed by atoms with Crippen molar-refractivity contribution < 1.29 is 5.21 Å². The fourth-order valence-corrected chi connectivity index (χ4v) is 1.40. The van der Waals surface area contributed by atoms with Crippen molar-refractivity contribution in [3.8, 4) is 11.1 Å². The van der Waals surface area contributed by atoms with Crippen molar-refractivity contribution in [2.24, 2.45) is 0 Å². The van der Waals surface area contributed by atoms with Crippen molar-refractivity contribution in [1.29, 1.82) is 0 Å². The van der Waals surface area contributed by atoms with Gasteiger partial charge in [-0.25, -0.2) is 0 Å². The predicted molar refractivity (Wildman–Crippen MR) is 57.3 cm³/mol. The molecule has 0 aliphatic heterocycles. The number of rotatable bonds is 2. The summed E-state index contributed by atoms with van der Waals surface area (Å²) in [7, 11) is 0. The molecule has 0 unspecified atom stereocenters. The summed E-state index contributed by atoms with van der Waals surface area (Å²) in [5.41, 5.74) is 5.07. The summed E-state index contributed by atoms with van der Waals surface area (Å²) in [5.74, 6) is 0. The Morgan fingerprint density at radius 3 is 2.21 bits per heavy atom. The van der Waals surface area contributed by atoms with Gasteiger partial charge in [0, 0.05) is 0 Å². The Bertz CT molecular complexity index is 412. The molecule has 0 fully saturated rings. The van der Waals surface area contributed by atoms with Crippen LogP contribution in [-0.4, -0.2) is 5.21 Å². The number of hydrogen-bond acceptors (Lipinski definition) is 2. The number of hydrogen-bond donors (Lipinski definition) is 2. The predicted octanol–water partition coefficient (Wildman–Crippen LogP) is 3.15. The first-order valence-electron chi connectivity index (χ1n) is 4.46. The van der Waals surface area contributed by atoms with Crippen LogP contribution in [0.25, 0.3) is 11.1 Å². The molecule has 2 heteroatoms. The average molecular weight is 185 g/mol. The first-order valence-corrected chi connectivity index (χ1v) is 4.46. The van der Waals surface area contributed by atoms with Crippen molar-refractivity contribution in [3.63, 3.8) is 0 Å². The lowest BCUT2D eigenvalue weighted by molar-refractivity contribution is 0.389. The summed E-state index contributed by atoms with van der Waals surface area (Å²) >= 11 is 0. The quantitative estimate of drug-likeness (QED) is 0.704. The van der Waals surface area contributed by atoms with E-state index in [1.807, 2.05) is 54.6 Å². The Kier molecular flexibility index (Phi) is 2.47. The molecule has 0 aliphatic carbocycles. The molecule has 2 rings (SSSR count). The highest BCUT2D eigenvalue weighted by atomic mass is 16.5. The Hall–Kier alpha value is -1.80. The van der Waals surface area contributed by atoms with Crippen molar-refractivity contribution in [3.05, 3.63) is 54.6 Å². The topological polar surface area (TPSA) is 32.3 Å². The van der Waals surface area contributed by atoms with Gasteiger partial charge in [-0.3, -0.25) is 10.7 Å². The third kappa shape index (κ3) is 1.75. The minimum atomic E-state index is 0.700. The first-order chi connectivity index (χ1) is 6.90. The number of anilines is 1. The third-order valence-corrected chi connectivity index (χ3v) is 2.10. The Balaban J connectivity index is 2.42. The first kappa shape index (κ1) is 8.78. The van der Waals surface area contributed by atoms with Gasteiger partial charge in [0.2, 0.25) is 0 Å². The van der Waals surface area contributed by atoms with Gasteiger partial charge in [0.25, 0.3) is 0 Å². The van der Waals surface area contributed by atoms with E-state index >= 15 is 0 Å².